The third kappa shape index (κ3) is 4.21. The molecule has 1 atom stereocenters. The smallest absolute Gasteiger partial charge is 0.269 e. The summed E-state index contributed by atoms with van der Waals surface area (Å²) in [4.78, 5) is 0. The molecule has 0 aromatic carbocycles. The van der Waals surface area contributed by atoms with E-state index in [4.69, 9.17) is 0 Å². The molecule has 0 aromatic heterocycles. The number of rotatable bonds is 2. The van der Waals surface area contributed by atoms with Crippen molar-refractivity contribution in [3.05, 3.63) is 0 Å². The molecule has 0 heterocycles. The van der Waals surface area contributed by atoms with E-state index in [0.29, 0.717) is 0 Å². The average molecular weight is 139 g/mol. The highest BCUT2D eigenvalue weighted by Crippen LogP contribution is 1.88. The highest BCUT2D eigenvalue weighted by Gasteiger charge is 1.67. The molecule has 0 saturated heterocycles. The van der Waals surface area contributed by atoms with Crippen LogP contribution in [0.3, 0.4) is 0 Å². The maximum absolute atomic E-state index is 9.80. The Kier molecular flexibility index (Phi) is 3.52. The first kappa shape index (κ1) is 6.21. The van der Waals surface area contributed by atoms with E-state index < -0.39 is 6.73 Å². The Balaban J connectivity index is 3.32. The highest BCUT2D eigenvalue weighted by atomic mass is 32.4. The van der Waals surface area contributed by atoms with Gasteiger partial charge < -0.3 is 0 Å². The summed E-state index contributed by atoms with van der Waals surface area (Å²) in [6, 6.07) is 0. The average Bonchev–Trinajstić information content (AvgIpc) is 1.35. The predicted octanol–water partition coefficient (Wildman–Crippen LogP) is 0.738. The number of thiocarbonyl (C=S) groups is 1. The molecule has 0 aliphatic heterocycles. The van der Waals surface area contributed by atoms with Gasteiger partial charge in [-0.1, -0.05) is 12.2 Å². The Labute approximate surface area is 46.4 Å². The summed E-state index contributed by atoms with van der Waals surface area (Å²) < 4.78 is 9.80. The maximum atomic E-state index is 9.80. The Morgan fingerprint density at radius 2 is 2.33 bits per heavy atom. The van der Waals surface area contributed by atoms with Crippen LogP contribution >= 0.6 is 18.9 Å². The molecule has 34 valence electrons. The largest absolute Gasteiger partial charge is 0.300 e. The Bertz CT molecular complexity index is 100. The van der Waals surface area contributed by atoms with Gasteiger partial charge in [0, 0.05) is 11.8 Å². The fourth-order valence-electron chi connectivity index (χ4n) is 0.0430. The van der Waals surface area contributed by atoms with Crippen LogP contribution in [0.5, 0.6) is 0 Å². The molecule has 0 amide bonds. The standard InChI is InChI=1S/CH2NOPS2/c3-4(6)2-1-5/h1H,(H,2,3,5,6). The SMILES string of the molecule is O=P(=S)NC=S. The lowest BCUT2D eigenvalue weighted by atomic mass is 11.6. The minimum atomic E-state index is -1.68. The second-order valence-corrected chi connectivity index (χ2v) is 2.51. The van der Waals surface area contributed by atoms with E-state index in [0.717, 1.165) is 5.49 Å². The molecule has 1 unspecified atom stereocenters. The lowest BCUT2D eigenvalue weighted by Crippen LogP contribution is -1.88. The molecule has 0 rings (SSSR count). The number of nitrogens with one attached hydrogen (secondary N) is 1. The molecule has 0 aromatic rings. The van der Waals surface area contributed by atoms with Crippen molar-refractivity contribution < 1.29 is 4.57 Å². The quantitative estimate of drug-likeness (QED) is 0.451. The van der Waals surface area contributed by atoms with Gasteiger partial charge in [0.2, 0.25) is 0 Å². The first-order valence-electron chi connectivity index (χ1n) is 1.11. The van der Waals surface area contributed by atoms with Crippen molar-refractivity contribution in [2.45, 2.75) is 0 Å². The minimum absolute atomic E-state index is 1.14. The number of hydrogen-bond acceptors (Lipinski definition) is 3. The first-order chi connectivity index (χ1) is 2.77. The summed E-state index contributed by atoms with van der Waals surface area (Å²) in [6.07, 6.45) is 0. The zero-order chi connectivity index (χ0) is 4.99. The van der Waals surface area contributed by atoms with E-state index in [1.54, 1.807) is 0 Å². The van der Waals surface area contributed by atoms with Gasteiger partial charge in [-0.3, -0.25) is 5.09 Å². The molecular weight excluding hydrogens is 137 g/mol. The Morgan fingerprint density at radius 3 is 2.33 bits per heavy atom. The topological polar surface area (TPSA) is 29.1 Å². The third-order valence-corrected chi connectivity index (χ3v) is 1.11. The van der Waals surface area contributed by atoms with Crippen molar-refractivity contribution in [1.29, 1.82) is 0 Å². The van der Waals surface area contributed by atoms with Crippen LogP contribution in [-0.4, -0.2) is 5.49 Å². The summed E-state index contributed by atoms with van der Waals surface area (Å²) >= 11 is 8.42. The second kappa shape index (κ2) is 3.40. The van der Waals surface area contributed by atoms with Gasteiger partial charge in [0.25, 0.3) is 6.73 Å². The van der Waals surface area contributed by atoms with Gasteiger partial charge in [0.1, 0.15) is 0 Å². The van der Waals surface area contributed by atoms with E-state index in [9.17, 15) is 4.57 Å². The van der Waals surface area contributed by atoms with E-state index in [1.165, 1.54) is 0 Å². The predicted molar refractivity (Wildman–Crippen MR) is 31.8 cm³/mol. The van der Waals surface area contributed by atoms with Crippen LogP contribution in [0.2, 0.25) is 0 Å². The lowest BCUT2D eigenvalue weighted by molar-refractivity contribution is 0.596. The zero-order valence-corrected chi connectivity index (χ0v) is 5.28. The molecule has 0 aliphatic rings. The van der Waals surface area contributed by atoms with E-state index in [1.807, 2.05) is 0 Å². The fraction of sp³-hybridized carbons (Fsp3) is 0. The van der Waals surface area contributed by atoms with E-state index in [-0.39, 0.29) is 0 Å². The fourth-order valence-corrected chi connectivity index (χ4v) is 0.775. The summed E-state index contributed by atoms with van der Waals surface area (Å²) in [5.74, 6) is 0. The van der Waals surface area contributed by atoms with Gasteiger partial charge in [-0.15, -0.1) is 0 Å². The Morgan fingerprint density at radius 1 is 1.83 bits per heavy atom. The van der Waals surface area contributed by atoms with Crippen molar-refractivity contribution in [1.82, 2.24) is 5.09 Å². The first-order valence-corrected chi connectivity index (χ1v) is 3.86. The monoisotopic (exact) mass is 139 g/mol. The van der Waals surface area contributed by atoms with Crippen LogP contribution in [-0.2, 0) is 16.4 Å². The van der Waals surface area contributed by atoms with Crippen molar-refractivity contribution in [3.8, 4) is 0 Å². The van der Waals surface area contributed by atoms with Gasteiger partial charge in [0.05, 0.1) is 5.49 Å². The van der Waals surface area contributed by atoms with Gasteiger partial charge in [-0.05, 0) is 0 Å². The molecule has 1 N–H and O–H groups in total. The van der Waals surface area contributed by atoms with Gasteiger partial charge >= 0.3 is 0 Å². The summed E-state index contributed by atoms with van der Waals surface area (Å²) in [7, 11) is 0. The summed E-state index contributed by atoms with van der Waals surface area (Å²) in [6.45, 7) is -1.68. The van der Waals surface area contributed by atoms with Crippen molar-refractivity contribution >= 4 is 36.2 Å². The van der Waals surface area contributed by atoms with Crippen LogP contribution in [0.4, 0.5) is 0 Å². The van der Waals surface area contributed by atoms with Crippen LogP contribution in [0.25, 0.3) is 0 Å². The van der Waals surface area contributed by atoms with Crippen molar-refractivity contribution in [2.24, 2.45) is 0 Å². The molecule has 5 heteroatoms. The van der Waals surface area contributed by atoms with Crippen LogP contribution in [0, 0.1) is 0 Å². The zero-order valence-electron chi connectivity index (χ0n) is 2.75. The van der Waals surface area contributed by atoms with Crippen molar-refractivity contribution in [3.63, 3.8) is 0 Å². The molecule has 0 aliphatic carbocycles. The van der Waals surface area contributed by atoms with E-state index in [2.05, 4.69) is 29.1 Å². The molecule has 6 heavy (non-hydrogen) atoms. The minimum Gasteiger partial charge on any atom is -0.300 e. The van der Waals surface area contributed by atoms with Gasteiger partial charge in [0.15, 0.2) is 0 Å². The molecule has 0 saturated carbocycles. The molecule has 2 nitrogen and oxygen atoms in total. The van der Waals surface area contributed by atoms with Crippen LogP contribution < -0.4 is 5.09 Å². The van der Waals surface area contributed by atoms with Crippen molar-refractivity contribution in [2.75, 3.05) is 0 Å². The molecule has 0 radical (unpaired) electrons. The summed E-state index contributed by atoms with van der Waals surface area (Å²) in [5, 5.41) is 2.22. The van der Waals surface area contributed by atoms with Gasteiger partial charge in [-0.2, -0.15) is 0 Å². The summed E-state index contributed by atoms with van der Waals surface area (Å²) in [5.41, 5.74) is 1.14. The van der Waals surface area contributed by atoms with E-state index >= 15 is 0 Å². The molecular formula is CH2NOPS2. The molecule has 0 fully saturated rings. The highest BCUT2D eigenvalue weighted by molar-refractivity contribution is 7.99. The van der Waals surface area contributed by atoms with Crippen LogP contribution in [0.15, 0.2) is 0 Å². The maximum Gasteiger partial charge on any atom is 0.269 e. The normalized spacial score (nSPS) is 9.67. The molecule has 0 bridgehead atoms. The molecule has 0 spiro atoms. The number of hydrogen-bond donors (Lipinski definition) is 1. The van der Waals surface area contributed by atoms with Crippen LogP contribution in [0.1, 0.15) is 0 Å². The third-order valence-electron chi connectivity index (χ3n) is 0.158. The lowest BCUT2D eigenvalue weighted by Gasteiger charge is -1.71. The Hall–Kier alpha value is 0.210. The second-order valence-electron chi connectivity index (χ2n) is 0.504. The van der Waals surface area contributed by atoms with Gasteiger partial charge in [-0.25, -0.2) is 4.57 Å².